The molecule has 1 aliphatic rings. The van der Waals surface area contributed by atoms with Crippen LogP contribution in [0, 0.1) is 0 Å². The zero-order valence-electron chi connectivity index (χ0n) is 9.72. The molecule has 1 atom stereocenters. The molecule has 1 fully saturated rings. The van der Waals surface area contributed by atoms with E-state index in [1.54, 1.807) is 0 Å². The third-order valence-corrected chi connectivity index (χ3v) is 4.13. The van der Waals surface area contributed by atoms with Crippen molar-refractivity contribution in [3.05, 3.63) is 29.6 Å². The Kier molecular flexibility index (Phi) is 4.21. The number of thioether (sulfide) groups is 1. The van der Waals surface area contributed by atoms with Crippen molar-refractivity contribution < 1.29 is 0 Å². The Bertz CT molecular complexity index is 343. The molecule has 0 amide bonds. The molecule has 88 valence electrons. The van der Waals surface area contributed by atoms with Gasteiger partial charge in [-0.15, -0.1) is 0 Å². The lowest BCUT2D eigenvalue weighted by Gasteiger charge is -2.32. The highest BCUT2D eigenvalue weighted by molar-refractivity contribution is 7.99. The van der Waals surface area contributed by atoms with Crippen molar-refractivity contribution >= 4 is 11.8 Å². The summed E-state index contributed by atoms with van der Waals surface area (Å²) >= 11 is 2.04. The van der Waals surface area contributed by atoms with Crippen molar-refractivity contribution in [2.75, 3.05) is 18.1 Å². The highest BCUT2D eigenvalue weighted by Gasteiger charge is 2.18. The van der Waals surface area contributed by atoms with Gasteiger partial charge in [-0.3, -0.25) is 9.88 Å². The van der Waals surface area contributed by atoms with Crippen LogP contribution in [-0.2, 0) is 13.1 Å². The predicted octanol–water partition coefficient (Wildman–Crippen LogP) is 1.48. The van der Waals surface area contributed by atoms with E-state index in [4.69, 9.17) is 5.73 Å². The third kappa shape index (κ3) is 2.97. The van der Waals surface area contributed by atoms with Crippen molar-refractivity contribution in [2.24, 2.45) is 5.73 Å². The van der Waals surface area contributed by atoms with E-state index in [0.29, 0.717) is 12.6 Å². The molecule has 4 heteroatoms. The Morgan fingerprint density at radius 1 is 1.50 bits per heavy atom. The van der Waals surface area contributed by atoms with E-state index in [2.05, 4.69) is 22.9 Å². The molecule has 0 saturated carbocycles. The second-order valence-electron chi connectivity index (χ2n) is 4.22. The van der Waals surface area contributed by atoms with Crippen LogP contribution in [0.5, 0.6) is 0 Å². The normalized spacial score (nSPS) is 22.2. The van der Waals surface area contributed by atoms with Crippen LogP contribution in [0.2, 0.25) is 0 Å². The maximum absolute atomic E-state index is 5.60. The molecule has 1 aromatic heterocycles. The molecule has 1 saturated heterocycles. The van der Waals surface area contributed by atoms with E-state index in [0.717, 1.165) is 17.9 Å². The lowest BCUT2D eigenvalue weighted by atomic mass is 10.2. The lowest BCUT2D eigenvalue weighted by Crippen LogP contribution is -2.39. The third-order valence-electron chi connectivity index (χ3n) is 2.94. The second-order valence-corrected chi connectivity index (χ2v) is 5.37. The summed E-state index contributed by atoms with van der Waals surface area (Å²) in [4.78, 5) is 7.05. The number of hydrogen-bond acceptors (Lipinski definition) is 4. The number of nitrogens with two attached hydrogens (primary N) is 1. The van der Waals surface area contributed by atoms with E-state index in [-0.39, 0.29) is 0 Å². The average Bonchev–Trinajstić information content (AvgIpc) is 2.32. The van der Waals surface area contributed by atoms with Crippen molar-refractivity contribution in [3.63, 3.8) is 0 Å². The first-order valence-corrected chi connectivity index (χ1v) is 6.91. The van der Waals surface area contributed by atoms with Crippen LogP contribution >= 0.6 is 11.8 Å². The monoisotopic (exact) mass is 237 g/mol. The van der Waals surface area contributed by atoms with Crippen LogP contribution in [0.1, 0.15) is 18.3 Å². The Hall–Kier alpha value is -0.580. The summed E-state index contributed by atoms with van der Waals surface area (Å²) in [6, 6.07) is 6.78. The standard InChI is InChI=1S/C12H19N3S/c1-10-9-16-6-5-15(10)8-12-4-2-3-11(7-13)14-12/h2-4,10H,5-9,13H2,1H3. The molecule has 2 rings (SSSR count). The number of aromatic nitrogens is 1. The molecular weight excluding hydrogens is 218 g/mol. The van der Waals surface area contributed by atoms with Gasteiger partial charge in [0.15, 0.2) is 0 Å². The molecule has 2 N–H and O–H groups in total. The first-order chi connectivity index (χ1) is 7.79. The van der Waals surface area contributed by atoms with Gasteiger partial charge in [0.1, 0.15) is 0 Å². The Balaban J connectivity index is 2.01. The van der Waals surface area contributed by atoms with E-state index < -0.39 is 0 Å². The zero-order chi connectivity index (χ0) is 11.4. The smallest absolute Gasteiger partial charge is 0.0547 e. The van der Waals surface area contributed by atoms with Crippen molar-refractivity contribution in [1.29, 1.82) is 0 Å². The second kappa shape index (κ2) is 5.66. The molecule has 0 radical (unpaired) electrons. The fraction of sp³-hybridized carbons (Fsp3) is 0.583. The van der Waals surface area contributed by atoms with Crippen LogP contribution in [0.4, 0.5) is 0 Å². The van der Waals surface area contributed by atoms with Crippen molar-refractivity contribution in [1.82, 2.24) is 9.88 Å². The SMILES string of the molecule is CC1CSCCN1Cc1cccc(CN)n1. The van der Waals surface area contributed by atoms with Crippen molar-refractivity contribution in [3.8, 4) is 0 Å². The molecule has 1 unspecified atom stereocenters. The Labute approximate surface area is 101 Å². The summed E-state index contributed by atoms with van der Waals surface area (Å²) < 4.78 is 0. The van der Waals surface area contributed by atoms with Gasteiger partial charge in [-0.05, 0) is 19.1 Å². The van der Waals surface area contributed by atoms with E-state index in [9.17, 15) is 0 Å². The van der Waals surface area contributed by atoms with Crippen LogP contribution in [0.25, 0.3) is 0 Å². The Morgan fingerprint density at radius 2 is 2.31 bits per heavy atom. The maximum Gasteiger partial charge on any atom is 0.0547 e. The molecular formula is C12H19N3S. The number of rotatable bonds is 3. The predicted molar refractivity (Wildman–Crippen MR) is 69.3 cm³/mol. The van der Waals surface area contributed by atoms with Crippen LogP contribution in [-0.4, -0.2) is 34.0 Å². The maximum atomic E-state index is 5.60. The minimum atomic E-state index is 0.527. The molecule has 1 aromatic rings. The fourth-order valence-electron chi connectivity index (χ4n) is 1.94. The Morgan fingerprint density at radius 3 is 3.06 bits per heavy atom. The molecule has 16 heavy (non-hydrogen) atoms. The van der Waals surface area contributed by atoms with Gasteiger partial charge in [-0.25, -0.2) is 0 Å². The molecule has 0 aromatic carbocycles. The summed E-state index contributed by atoms with van der Waals surface area (Å²) in [6.45, 7) is 4.94. The first kappa shape index (κ1) is 11.9. The fourth-order valence-corrected chi connectivity index (χ4v) is 3.02. The summed E-state index contributed by atoms with van der Waals surface area (Å²) in [5, 5.41) is 0. The lowest BCUT2D eigenvalue weighted by molar-refractivity contribution is 0.221. The van der Waals surface area contributed by atoms with Gasteiger partial charge in [0.2, 0.25) is 0 Å². The van der Waals surface area contributed by atoms with Gasteiger partial charge in [0.05, 0.1) is 11.4 Å². The van der Waals surface area contributed by atoms with Crippen LogP contribution < -0.4 is 5.73 Å². The van der Waals surface area contributed by atoms with Gasteiger partial charge < -0.3 is 5.73 Å². The number of hydrogen-bond donors (Lipinski definition) is 1. The summed E-state index contributed by atoms with van der Waals surface area (Å²) in [7, 11) is 0. The highest BCUT2D eigenvalue weighted by atomic mass is 32.2. The van der Waals surface area contributed by atoms with Gasteiger partial charge in [0.25, 0.3) is 0 Å². The molecule has 1 aliphatic heterocycles. The molecule has 2 heterocycles. The van der Waals surface area contributed by atoms with Crippen molar-refractivity contribution in [2.45, 2.75) is 26.1 Å². The molecule has 3 nitrogen and oxygen atoms in total. The zero-order valence-corrected chi connectivity index (χ0v) is 10.5. The van der Waals surface area contributed by atoms with E-state index >= 15 is 0 Å². The number of pyridine rings is 1. The average molecular weight is 237 g/mol. The quantitative estimate of drug-likeness (QED) is 0.864. The van der Waals surface area contributed by atoms with E-state index in [1.165, 1.54) is 18.1 Å². The molecule has 0 bridgehead atoms. The number of nitrogens with zero attached hydrogens (tertiary/aromatic N) is 2. The summed E-state index contributed by atoms with van der Waals surface area (Å²) in [5.41, 5.74) is 7.72. The topological polar surface area (TPSA) is 42.1 Å². The molecule has 0 spiro atoms. The van der Waals surface area contributed by atoms with E-state index in [1.807, 2.05) is 23.9 Å². The summed E-state index contributed by atoms with van der Waals surface area (Å²) in [6.07, 6.45) is 0. The van der Waals surface area contributed by atoms with Gasteiger partial charge in [-0.1, -0.05) is 6.07 Å². The van der Waals surface area contributed by atoms with Crippen LogP contribution in [0.15, 0.2) is 18.2 Å². The van der Waals surface area contributed by atoms with Gasteiger partial charge in [0, 0.05) is 37.2 Å². The van der Waals surface area contributed by atoms with Gasteiger partial charge >= 0.3 is 0 Å². The minimum Gasteiger partial charge on any atom is -0.325 e. The molecule has 0 aliphatic carbocycles. The van der Waals surface area contributed by atoms with Crippen LogP contribution in [0.3, 0.4) is 0 Å². The minimum absolute atomic E-state index is 0.527. The highest BCUT2D eigenvalue weighted by Crippen LogP contribution is 2.17. The largest absolute Gasteiger partial charge is 0.325 e. The first-order valence-electron chi connectivity index (χ1n) is 5.76. The van der Waals surface area contributed by atoms with Gasteiger partial charge in [-0.2, -0.15) is 11.8 Å². The summed E-state index contributed by atoms with van der Waals surface area (Å²) in [5.74, 6) is 2.47.